The molecule has 0 spiro atoms. The van der Waals surface area contributed by atoms with Crippen LogP contribution in [0.3, 0.4) is 0 Å². The number of hydrogen-bond donors (Lipinski definition) is 2. The van der Waals surface area contributed by atoms with Gasteiger partial charge >= 0.3 is 0 Å². The van der Waals surface area contributed by atoms with Crippen LogP contribution in [0, 0.1) is 5.82 Å². The van der Waals surface area contributed by atoms with E-state index in [1.165, 1.54) is 6.07 Å². The van der Waals surface area contributed by atoms with Gasteiger partial charge in [0.25, 0.3) is 0 Å². The van der Waals surface area contributed by atoms with E-state index in [1.807, 2.05) is 18.2 Å². The van der Waals surface area contributed by atoms with Crippen molar-refractivity contribution in [2.24, 2.45) is 4.99 Å². The quantitative estimate of drug-likeness (QED) is 0.605. The van der Waals surface area contributed by atoms with Crippen LogP contribution in [0.4, 0.5) is 4.39 Å². The fraction of sp³-hybridized carbons (Fsp3) is 0.333. The van der Waals surface area contributed by atoms with Crippen molar-refractivity contribution in [3.8, 4) is 5.88 Å². The van der Waals surface area contributed by atoms with Crippen molar-refractivity contribution >= 4 is 5.96 Å². The molecule has 0 saturated carbocycles. The second kappa shape index (κ2) is 9.50. The summed E-state index contributed by atoms with van der Waals surface area (Å²) in [5, 5.41) is 6.26. The Balaban J connectivity index is 1.82. The standard InChI is InChI=1S/C18H23FN4O/c1-3-10-24-17-9-8-14(11-21-17)12-22-18(20-2)23-13-15-6-4-5-7-16(15)19/h4-9,11H,3,10,12-13H2,1-2H3,(H2,20,22,23). The Morgan fingerprint density at radius 3 is 2.62 bits per heavy atom. The van der Waals surface area contributed by atoms with Gasteiger partial charge in [0.2, 0.25) is 5.88 Å². The van der Waals surface area contributed by atoms with Gasteiger partial charge < -0.3 is 15.4 Å². The smallest absolute Gasteiger partial charge is 0.213 e. The predicted molar refractivity (Wildman–Crippen MR) is 93.5 cm³/mol. The molecule has 24 heavy (non-hydrogen) atoms. The van der Waals surface area contributed by atoms with Crippen LogP contribution in [-0.2, 0) is 13.1 Å². The van der Waals surface area contributed by atoms with E-state index in [9.17, 15) is 4.39 Å². The third kappa shape index (κ3) is 5.53. The van der Waals surface area contributed by atoms with Gasteiger partial charge in [-0.25, -0.2) is 9.37 Å². The highest BCUT2D eigenvalue weighted by Gasteiger charge is 2.03. The summed E-state index contributed by atoms with van der Waals surface area (Å²) in [6.45, 7) is 3.65. The topological polar surface area (TPSA) is 58.5 Å². The molecule has 1 heterocycles. The highest BCUT2D eigenvalue weighted by atomic mass is 19.1. The van der Waals surface area contributed by atoms with E-state index in [1.54, 1.807) is 25.4 Å². The molecule has 2 aromatic rings. The summed E-state index contributed by atoms with van der Waals surface area (Å²) in [4.78, 5) is 8.39. The number of guanidine groups is 1. The van der Waals surface area contributed by atoms with Gasteiger partial charge in [0.05, 0.1) is 6.61 Å². The Morgan fingerprint density at radius 1 is 1.17 bits per heavy atom. The summed E-state index contributed by atoms with van der Waals surface area (Å²) in [6.07, 6.45) is 2.72. The van der Waals surface area contributed by atoms with Crippen LogP contribution in [0.15, 0.2) is 47.6 Å². The van der Waals surface area contributed by atoms with Crippen LogP contribution in [0.2, 0.25) is 0 Å². The fourth-order valence-corrected chi connectivity index (χ4v) is 2.03. The van der Waals surface area contributed by atoms with Gasteiger partial charge in [-0.1, -0.05) is 31.2 Å². The van der Waals surface area contributed by atoms with Crippen LogP contribution in [-0.4, -0.2) is 24.6 Å². The van der Waals surface area contributed by atoms with Crippen molar-refractivity contribution in [3.63, 3.8) is 0 Å². The van der Waals surface area contributed by atoms with Crippen molar-refractivity contribution < 1.29 is 9.13 Å². The van der Waals surface area contributed by atoms with Gasteiger partial charge in [-0.05, 0) is 18.1 Å². The zero-order valence-corrected chi connectivity index (χ0v) is 14.1. The van der Waals surface area contributed by atoms with E-state index in [-0.39, 0.29) is 5.82 Å². The number of ether oxygens (including phenoxy) is 1. The number of aromatic nitrogens is 1. The SMILES string of the molecule is CCCOc1ccc(CNC(=NC)NCc2ccccc2F)cn1. The van der Waals surface area contributed by atoms with Crippen LogP contribution in [0.25, 0.3) is 0 Å². The first-order valence-corrected chi connectivity index (χ1v) is 7.98. The summed E-state index contributed by atoms with van der Waals surface area (Å²) in [5.41, 5.74) is 1.60. The Hall–Kier alpha value is -2.63. The van der Waals surface area contributed by atoms with Gasteiger partial charge in [-0.15, -0.1) is 0 Å². The lowest BCUT2D eigenvalue weighted by molar-refractivity contribution is 0.305. The maximum absolute atomic E-state index is 13.6. The maximum atomic E-state index is 13.6. The molecule has 0 amide bonds. The molecule has 2 N–H and O–H groups in total. The molecule has 0 aliphatic rings. The van der Waals surface area contributed by atoms with Crippen LogP contribution in [0.5, 0.6) is 5.88 Å². The molecule has 0 bridgehead atoms. The van der Waals surface area contributed by atoms with Crippen molar-refractivity contribution in [1.29, 1.82) is 0 Å². The molecular formula is C18H23FN4O. The summed E-state index contributed by atoms with van der Waals surface area (Å²) >= 11 is 0. The lowest BCUT2D eigenvalue weighted by Gasteiger charge is -2.12. The van der Waals surface area contributed by atoms with Gasteiger partial charge in [0, 0.05) is 38.0 Å². The highest BCUT2D eigenvalue weighted by Crippen LogP contribution is 2.08. The number of nitrogens with one attached hydrogen (secondary N) is 2. The Morgan fingerprint density at radius 2 is 1.96 bits per heavy atom. The van der Waals surface area contributed by atoms with Gasteiger partial charge in [0.15, 0.2) is 5.96 Å². The Labute approximate surface area is 142 Å². The van der Waals surface area contributed by atoms with Crippen LogP contribution >= 0.6 is 0 Å². The summed E-state index contributed by atoms with van der Waals surface area (Å²) in [7, 11) is 1.68. The minimum absolute atomic E-state index is 0.229. The molecule has 0 atom stereocenters. The lowest BCUT2D eigenvalue weighted by Crippen LogP contribution is -2.36. The summed E-state index contributed by atoms with van der Waals surface area (Å²) < 4.78 is 19.1. The molecule has 0 saturated heterocycles. The van der Waals surface area contributed by atoms with Gasteiger partial charge in [-0.2, -0.15) is 0 Å². The molecule has 1 aromatic heterocycles. The van der Waals surface area contributed by atoms with Crippen molar-refractivity contribution in [1.82, 2.24) is 15.6 Å². The van der Waals surface area contributed by atoms with Crippen molar-refractivity contribution in [2.75, 3.05) is 13.7 Å². The first kappa shape index (κ1) is 17.7. The molecule has 0 unspecified atom stereocenters. The number of nitrogens with zero attached hydrogens (tertiary/aromatic N) is 2. The molecule has 1 aromatic carbocycles. The average molecular weight is 330 g/mol. The first-order chi connectivity index (χ1) is 11.7. The molecule has 128 valence electrons. The number of aliphatic imine (C=N–C) groups is 1. The second-order valence-corrected chi connectivity index (χ2v) is 5.22. The van der Waals surface area contributed by atoms with Gasteiger partial charge in [-0.3, -0.25) is 4.99 Å². The molecule has 6 heteroatoms. The van der Waals surface area contributed by atoms with Crippen LogP contribution < -0.4 is 15.4 Å². The van der Waals surface area contributed by atoms with Gasteiger partial charge in [0.1, 0.15) is 5.82 Å². The van der Waals surface area contributed by atoms with Crippen LogP contribution in [0.1, 0.15) is 24.5 Å². The number of hydrogen-bond acceptors (Lipinski definition) is 3. The summed E-state index contributed by atoms with van der Waals surface area (Å²) in [5.74, 6) is 1.000. The molecule has 0 aliphatic carbocycles. The molecular weight excluding hydrogens is 307 g/mol. The third-order valence-electron chi connectivity index (χ3n) is 3.34. The third-order valence-corrected chi connectivity index (χ3v) is 3.34. The Bertz CT molecular complexity index is 658. The van der Waals surface area contributed by atoms with E-state index >= 15 is 0 Å². The van der Waals surface area contributed by atoms with E-state index in [2.05, 4.69) is 27.5 Å². The van der Waals surface area contributed by atoms with E-state index in [0.717, 1.165) is 12.0 Å². The predicted octanol–water partition coefficient (Wildman–Crippen LogP) is 2.87. The monoisotopic (exact) mass is 330 g/mol. The zero-order valence-electron chi connectivity index (χ0n) is 14.1. The minimum Gasteiger partial charge on any atom is -0.478 e. The molecule has 2 rings (SSSR count). The number of halogens is 1. The lowest BCUT2D eigenvalue weighted by atomic mass is 10.2. The molecule has 0 aliphatic heterocycles. The van der Waals surface area contributed by atoms with E-state index in [0.29, 0.717) is 37.1 Å². The zero-order chi connectivity index (χ0) is 17.2. The highest BCUT2D eigenvalue weighted by molar-refractivity contribution is 5.79. The number of benzene rings is 1. The summed E-state index contributed by atoms with van der Waals surface area (Å²) in [6, 6.07) is 10.5. The van der Waals surface area contributed by atoms with E-state index < -0.39 is 0 Å². The number of pyridine rings is 1. The number of rotatable bonds is 7. The normalized spacial score (nSPS) is 11.2. The van der Waals surface area contributed by atoms with Crippen molar-refractivity contribution in [2.45, 2.75) is 26.4 Å². The molecule has 0 fully saturated rings. The maximum Gasteiger partial charge on any atom is 0.213 e. The Kier molecular flexibility index (Phi) is 7.01. The minimum atomic E-state index is -0.229. The van der Waals surface area contributed by atoms with Crippen molar-refractivity contribution in [3.05, 3.63) is 59.5 Å². The molecule has 5 nitrogen and oxygen atoms in total. The molecule has 0 radical (unpaired) electrons. The largest absolute Gasteiger partial charge is 0.478 e. The average Bonchev–Trinajstić information content (AvgIpc) is 2.62. The van der Waals surface area contributed by atoms with E-state index in [4.69, 9.17) is 4.74 Å². The first-order valence-electron chi connectivity index (χ1n) is 7.98. The fourth-order valence-electron chi connectivity index (χ4n) is 2.03. The second-order valence-electron chi connectivity index (χ2n) is 5.22.